The Kier molecular flexibility index (Phi) is 5.06. The molecule has 0 bridgehead atoms. The maximum Gasteiger partial charge on any atom is 0.373 e. The van der Waals surface area contributed by atoms with Crippen molar-refractivity contribution < 1.29 is 4.43 Å². The second-order valence-electron chi connectivity index (χ2n) is 1.99. The molecule has 4 heteroatoms. The maximum atomic E-state index is 5.40. The van der Waals surface area contributed by atoms with Crippen molar-refractivity contribution in [2.24, 2.45) is 5.92 Å². The topological polar surface area (TPSA) is 9.23 Å². The minimum atomic E-state index is -1.78. The first-order chi connectivity index (χ1) is 3.63. The summed E-state index contributed by atoms with van der Waals surface area (Å²) in [7, 11) is -1.78. The molecule has 0 aromatic rings. The highest BCUT2D eigenvalue weighted by atomic mass is 35.7. The fourth-order valence-corrected chi connectivity index (χ4v) is 1.23. The van der Waals surface area contributed by atoms with Gasteiger partial charge in [0.15, 0.2) is 0 Å². The van der Waals surface area contributed by atoms with Crippen LogP contribution in [0.15, 0.2) is 0 Å². The van der Waals surface area contributed by atoms with Gasteiger partial charge in [-0.3, -0.25) is 0 Å². The molecule has 0 atom stereocenters. The quantitative estimate of drug-likeness (QED) is 0.467. The van der Waals surface area contributed by atoms with Gasteiger partial charge in [-0.15, -0.1) is 22.2 Å². The van der Waals surface area contributed by atoms with E-state index in [1.165, 1.54) is 0 Å². The Balaban J connectivity index is 2.93. The lowest BCUT2D eigenvalue weighted by Gasteiger charge is -2.04. The Bertz CT molecular complexity index is 50.0. The summed E-state index contributed by atoms with van der Waals surface area (Å²) in [5.74, 6) is 0.530. The molecule has 0 spiro atoms. The molecule has 0 saturated heterocycles. The lowest BCUT2D eigenvalue weighted by molar-refractivity contribution is 0.288. The summed E-state index contributed by atoms with van der Waals surface area (Å²) in [6.45, 7) is 4.80. The van der Waals surface area contributed by atoms with E-state index in [2.05, 4.69) is 13.8 Å². The van der Waals surface area contributed by atoms with Gasteiger partial charge in [0.05, 0.1) is 0 Å². The van der Waals surface area contributed by atoms with Crippen LogP contribution in [0, 0.1) is 5.92 Å². The zero-order chi connectivity index (χ0) is 6.57. The third-order valence-corrected chi connectivity index (χ3v) is 1.76. The van der Waals surface area contributed by atoms with E-state index < -0.39 is 7.66 Å². The summed E-state index contributed by atoms with van der Waals surface area (Å²) in [6, 6.07) is 0. The van der Waals surface area contributed by atoms with E-state index in [0.29, 0.717) is 12.5 Å². The smallest absolute Gasteiger partial charge is 0.373 e. The monoisotopic (exact) mass is 172 g/mol. The van der Waals surface area contributed by atoms with Crippen LogP contribution in [0.5, 0.6) is 0 Å². The summed E-state index contributed by atoms with van der Waals surface area (Å²) in [4.78, 5) is 0. The van der Waals surface area contributed by atoms with E-state index in [0.717, 1.165) is 0 Å². The second kappa shape index (κ2) is 4.62. The molecule has 0 aliphatic heterocycles. The molecule has 0 aromatic heterocycles. The highest BCUT2D eigenvalue weighted by molar-refractivity contribution is 7.30. The Morgan fingerprint density at radius 1 is 1.50 bits per heavy atom. The van der Waals surface area contributed by atoms with Crippen LogP contribution in [-0.4, -0.2) is 14.3 Å². The van der Waals surface area contributed by atoms with Crippen molar-refractivity contribution in [3.8, 4) is 0 Å². The van der Waals surface area contributed by atoms with Gasteiger partial charge >= 0.3 is 7.66 Å². The van der Waals surface area contributed by atoms with Gasteiger partial charge in [0, 0.05) is 6.61 Å². The van der Waals surface area contributed by atoms with Crippen LogP contribution in [-0.2, 0) is 4.43 Å². The molecule has 0 saturated carbocycles. The molecule has 0 fully saturated rings. The molecule has 0 unspecified atom stereocenters. The first kappa shape index (κ1) is 8.76. The van der Waals surface area contributed by atoms with E-state index in [9.17, 15) is 0 Å². The van der Waals surface area contributed by atoms with Gasteiger partial charge in [-0.05, 0) is 5.92 Å². The van der Waals surface area contributed by atoms with Crippen LogP contribution < -0.4 is 0 Å². The van der Waals surface area contributed by atoms with Crippen molar-refractivity contribution in [3.05, 3.63) is 0 Å². The van der Waals surface area contributed by atoms with Gasteiger partial charge in [0.25, 0.3) is 0 Å². The highest BCUT2D eigenvalue weighted by Crippen LogP contribution is 2.00. The highest BCUT2D eigenvalue weighted by Gasteiger charge is 2.01. The molecular formula is C4H10Cl2OSi. The van der Waals surface area contributed by atoms with Crippen LogP contribution in [0.1, 0.15) is 13.8 Å². The van der Waals surface area contributed by atoms with E-state index >= 15 is 0 Å². The number of rotatable bonds is 3. The van der Waals surface area contributed by atoms with Gasteiger partial charge in [-0.1, -0.05) is 13.8 Å². The van der Waals surface area contributed by atoms with Crippen molar-refractivity contribution in [3.63, 3.8) is 0 Å². The van der Waals surface area contributed by atoms with Crippen LogP contribution in [0.25, 0.3) is 0 Å². The van der Waals surface area contributed by atoms with Crippen molar-refractivity contribution in [1.82, 2.24) is 0 Å². The van der Waals surface area contributed by atoms with Gasteiger partial charge in [0.2, 0.25) is 0 Å². The fraction of sp³-hybridized carbons (Fsp3) is 1.00. The van der Waals surface area contributed by atoms with Crippen LogP contribution in [0.3, 0.4) is 0 Å². The fourth-order valence-electron chi connectivity index (χ4n) is 0.265. The molecule has 0 heterocycles. The van der Waals surface area contributed by atoms with Crippen LogP contribution >= 0.6 is 22.2 Å². The molecular weight excluding hydrogens is 163 g/mol. The summed E-state index contributed by atoms with van der Waals surface area (Å²) >= 11 is 10.8. The van der Waals surface area contributed by atoms with E-state index in [4.69, 9.17) is 26.6 Å². The van der Waals surface area contributed by atoms with Crippen LogP contribution in [0.4, 0.5) is 0 Å². The van der Waals surface area contributed by atoms with Gasteiger partial charge < -0.3 is 4.43 Å². The standard InChI is InChI=1S/C4H10Cl2OSi/c1-4(2)3-7-8(5)6/h4,8H,3H2,1-2H3. The van der Waals surface area contributed by atoms with Crippen LogP contribution in [0.2, 0.25) is 0 Å². The molecule has 0 aliphatic carbocycles. The lowest BCUT2D eigenvalue weighted by atomic mass is 10.2. The van der Waals surface area contributed by atoms with Gasteiger partial charge in [-0.2, -0.15) is 0 Å². The minimum Gasteiger partial charge on any atom is -0.394 e. The summed E-state index contributed by atoms with van der Waals surface area (Å²) in [5.41, 5.74) is 0. The van der Waals surface area contributed by atoms with E-state index in [1.807, 2.05) is 0 Å². The summed E-state index contributed by atoms with van der Waals surface area (Å²) < 4.78 is 4.97. The molecule has 50 valence electrons. The largest absolute Gasteiger partial charge is 0.394 e. The molecule has 0 rings (SSSR count). The number of hydrogen-bond donors (Lipinski definition) is 0. The maximum absolute atomic E-state index is 5.40. The third-order valence-electron chi connectivity index (χ3n) is 0.556. The summed E-state index contributed by atoms with van der Waals surface area (Å²) in [6.07, 6.45) is 0. The number of hydrogen-bond acceptors (Lipinski definition) is 1. The Morgan fingerprint density at radius 3 is 2.12 bits per heavy atom. The normalized spacial score (nSPS) is 11.2. The Labute approximate surface area is 61.1 Å². The average Bonchev–Trinajstić information content (AvgIpc) is 1.61. The molecule has 0 N–H and O–H groups in total. The van der Waals surface area contributed by atoms with Crippen molar-refractivity contribution in [2.45, 2.75) is 13.8 Å². The Hall–Kier alpha value is 0.757. The van der Waals surface area contributed by atoms with Crippen molar-refractivity contribution >= 4 is 29.8 Å². The van der Waals surface area contributed by atoms with Crippen molar-refractivity contribution in [1.29, 1.82) is 0 Å². The van der Waals surface area contributed by atoms with E-state index in [1.54, 1.807) is 0 Å². The molecule has 0 radical (unpaired) electrons. The zero-order valence-electron chi connectivity index (χ0n) is 5.03. The Morgan fingerprint density at radius 2 is 2.00 bits per heavy atom. The SMILES string of the molecule is CC(C)CO[SiH](Cl)Cl. The second-order valence-corrected chi connectivity index (χ2v) is 5.89. The van der Waals surface area contributed by atoms with Gasteiger partial charge in [0.1, 0.15) is 0 Å². The number of halogens is 2. The first-order valence-electron chi connectivity index (χ1n) is 2.52. The molecule has 0 aromatic carbocycles. The molecule has 0 amide bonds. The molecule has 8 heavy (non-hydrogen) atoms. The average molecular weight is 173 g/mol. The third kappa shape index (κ3) is 6.76. The molecule has 0 aliphatic rings. The van der Waals surface area contributed by atoms with Crippen molar-refractivity contribution in [2.75, 3.05) is 6.61 Å². The molecule has 1 nitrogen and oxygen atoms in total. The van der Waals surface area contributed by atoms with Gasteiger partial charge in [-0.25, -0.2) is 0 Å². The lowest BCUT2D eigenvalue weighted by Crippen LogP contribution is -2.08. The zero-order valence-corrected chi connectivity index (χ0v) is 7.69. The summed E-state index contributed by atoms with van der Waals surface area (Å²) in [5, 5.41) is 0. The minimum absolute atomic E-state index is 0.530. The predicted molar refractivity (Wildman–Crippen MR) is 39.6 cm³/mol. The first-order valence-corrected chi connectivity index (χ1v) is 6.49. The predicted octanol–water partition coefficient (Wildman–Crippen LogP) is 1.85. The van der Waals surface area contributed by atoms with E-state index in [-0.39, 0.29) is 0 Å².